The summed E-state index contributed by atoms with van der Waals surface area (Å²) in [5, 5.41) is 23.2. The fraction of sp³-hybridized carbons (Fsp3) is 0.100. The van der Waals surface area contributed by atoms with Crippen molar-refractivity contribution in [1.29, 1.82) is 0 Å². The van der Waals surface area contributed by atoms with E-state index < -0.39 is 5.41 Å². The van der Waals surface area contributed by atoms with Gasteiger partial charge in [-0.05, 0) is 51.8 Å². The minimum atomic E-state index is -0.548. The van der Waals surface area contributed by atoms with Crippen LogP contribution in [0.4, 0.5) is 5.69 Å². The van der Waals surface area contributed by atoms with Gasteiger partial charge in [0.05, 0.1) is 5.69 Å². The van der Waals surface area contributed by atoms with Gasteiger partial charge in [-0.15, -0.1) is 4.91 Å². The molecule has 0 saturated carbocycles. The van der Waals surface area contributed by atoms with Gasteiger partial charge in [-0.2, -0.15) is 0 Å². The largest absolute Gasteiger partial charge is 0.509 e. The zero-order chi connectivity index (χ0) is 20.6. The van der Waals surface area contributed by atoms with Gasteiger partial charge >= 0.3 is 0 Å². The Labute approximate surface area is 168 Å². The molecule has 28 heavy (non-hydrogen) atoms. The van der Waals surface area contributed by atoms with Gasteiger partial charge in [0, 0.05) is 5.41 Å². The third-order valence-corrected chi connectivity index (χ3v) is 5.67. The summed E-state index contributed by atoms with van der Waals surface area (Å²) in [6.07, 6.45) is 0. The second-order valence-corrected chi connectivity index (χ2v) is 7.68. The Kier molecular flexibility index (Phi) is 5.16. The van der Waals surface area contributed by atoms with Crippen LogP contribution >= 0.6 is 0 Å². The molecule has 136 valence electrons. The molecule has 0 aliphatic rings. The maximum Gasteiger partial charge on any atom is 0.144 e. The molecular formula is C20H21B4NO3. The van der Waals surface area contributed by atoms with Crippen molar-refractivity contribution in [2.75, 3.05) is 0 Å². The Hall–Kier alpha value is -2.88. The van der Waals surface area contributed by atoms with E-state index in [0.717, 1.165) is 38.5 Å². The fourth-order valence-corrected chi connectivity index (χ4v) is 3.93. The Bertz CT molecular complexity index is 1020. The van der Waals surface area contributed by atoms with E-state index in [2.05, 4.69) is 12.1 Å². The van der Waals surface area contributed by atoms with Crippen LogP contribution in [0.15, 0.2) is 53.7 Å². The van der Waals surface area contributed by atoms with Crippen LogP contribution < -0.4 is 21.9 Å². The van der Waals surface area contributed by atoms with Crippen molar-refractivity contribution in [1.82, 2.24) is 0 Å². The van der Waals surface area contributed by atoms with Gasteiger partial charge < -0.3 is 10.2 Å². The Balaban J connectivity index is 2.36. The summed E-state index contributed by atoms with van der Waals surface area (Å²) in [5.74, 6) is 0.502. The van der Waals surface area contributed by atoms with Crippen molar-refractivity contribution in [3.8, 4) is 11.5 Å². The smallest absolute Gasteiger partial charge is 0.144 e. The summed E-state index contributed by atoms with van der Waals surface area (Å²) in [6.45, 7) is 2.12. The first-order valence-corrected chi connectivity index (χ1v) is 9.23. The third-order valence-electron chi connectivity index (χ3n) is 5.67. The monoisotopic (exact) mass is 367 g/mol. The molecule has 0 unspecified atom stereocenters. The van der Waals surface area contributed by atoms with Crippen LogP contribution in [0.2, 0.25) is 0 Å². The quantitative estimate of drug-likeness (QED) is 0.315. The Morgan fingerprint density at radius 3 is 1.61 bits per heavy atom. The lowest BCUT2D eigenvalue weighted by Crippen LogP contribution is -2.32. The summed E-state index contributed by atoms with van der Waals surface area (Å²) in [6, 6.07) is 15.1. The van der Waals surface area contributed by atoms with E-state index in [1.807, 2.05) is 67.8 Å². The summed E-state index contributed by atoms with van der Waals surface area (Å²) in [4.78, 5) is 11.2. The summed E-state index contributed by atoms with van der Waals surface area (Å²) in [7, 11) is 7.55. The average Bonchev–Trinajstić information content (AvgIpc) is 2.65. The molecule has 0 amide bonds. The number of phenolic OH excluding ortho intramolecular Hbond substituents is 2. The highest BCUT2D eigenvalue weighted by molar-refractivity contribution is 6.43. The summed E-state index contributed by atoms with van der Waals surface area (Å²) >= 11 is 0. The zero-order valence-corrected chi connectivity index (χ0v) is 16.9. The molecule has 0 aliphatic heterocycles. The molecule has 8 heteroatoms. The Morgan fingerprint density at radius 1 is 0.750 bits per heavy atom. The van der Waals surface area contributed by atoms with Crippen LogP contribution in [0, 0.1) is 4.91 Å². The number of benzene rings is 3. The van der Waals surface area contributed by atoms with Crippen molar-refractivity contribution in [3.05, 3.63) is 70.1 Å². The predicted molar refractivity (Wildman–Crippen MR) is 126 cm³/mol. The van der Waals surface area contributed by atoms with Crippen LogP contribution in [0.1, 0.15) is 23.6 Å². The molecule has 4 nitrogen and oxygen atoms in total. The number of aromatic hydroxyl groups is 2. The van der Waals surface area contributed by atoms with Crippen molar-refractivity contribution < 1.29 is 10.2 Å². The average molecular weight is 367 g/mol. The molecule has 0 aliphatic carbocycles. The molecule has 0 spiro atoms. The first-order valence-electron chi connectivity index (χ1n) is 9.23. The normalized spacial score (nSPS) is 13.0. The molecule has 0 bridgehead atoms. The molecule has 0 saturated heterocycles. The van der Waals surface area contributed by atoms with Gasteiger partial charge in [-0.3, -0.25) is 0 Å². The molecule has 0 fully saturated rings. The minimum absolute atomic E-state index is 0.206. The lowest BCUT2D eigenvalue weighted by Gasteiger charge is -2.33. The molecule has 0 radical (unpaired) electrons. The molecule has 0 aromatic heterocycles. The fourth-order valence-electron chi connectivity index (χ4n) is 3.93. The lowest BCUT2D eigenvalue weighted by atomic mass is 9.66. The lowest BCUT2D eigenvalue weighted by molar-refractivity contribution is 0.474. The highest BCUT2D eigenvalue weighted by Crippen LogP contribution is 2.39. The van der Waals surface area contributed by atoms with Gasteiger partial charge in [0.2, 0.25) is 0 Å². The number of nitrogens with zero attached hydrogens (tertiary/aromatic N) is 1. The van der Waals surface area contributed by atoms with Gasteiger partial charge in [0.15, 0.2) is 0 Å². The standard InChI is InChI=1S/C20H21B4NO3/c1-20(10-2-4-13(26)5-3-10,12-8-16(23)19(27)17(24)9-12)11-6-14(21)18(25-28)15(22)7-11/h2-9,26-27H,21-24H2,1H3/t20-/m1/s1. The van der Waals surface area contributed by atoms with Crippen LogP contribution in [-0.2, 0) is 5.41 Å². The molecule has 3 aromatic carbocycles. The van der Waals surface area contributed by atoms with Crippen LogP contribution in [0.3, 0.4) is 0 Å². The number of rotatable bonds is 4. The molecule has 3 rings (SSSR count). The van der Waals surface area contributed by atoms with Gasteiger partial charge in [-0.25, -0.2) is 0 Å². The topological polar surface area (TPSA) is 69.9 Å². The van der Waals surface area contributed by atoms with E-state index in [9.17, 15) is 15.1 Å². The second kappa shape index (κ2) is 7.27. The first-order chi connectivity index (χ1) is 13.2. The molecule has 0 heterocycles. The number of nitroso groups, excluding NO2 is 1. The highest BCUT2D eigenvalue weighted by atomic mass is 16.3. The van der Waals surface area contributed by atoms with Gasteiger partial charge in [0.25, 0.3) is 0 Å². The van der Waals surface area contributed by atoms with E-state index in [0.29, 0.717) is 11.4 Å². The van der Waals surface area contributed by atoms with Crippen LogP contribution in [0.25, 0.3) is 0 Å². The van der Waals surface area contributed by atoms with Crippen LogP contribution in [-0.4, -0.2) is 41.6 Å². The highest BCUT2D eigenvalue weighted by Gasteiger charge is 2.33. The molecule has 3 aromatic rings. The predicted octanol–water partition coefficient (Wildman–Crippen LogP) is -2.12. The van der Waals surface area contributed by atoms with Gasteiger partial charge in [0.1, 0.15) is 42.9 Å². The maximum atomic E-state index is 11.2. The second-order valence-electron chi connectivity index (χ2n) is 7.68. The van der Waals surface area contributed by atoms with E-state index >= 15 is 0 Å². The Morgan fingerprint density at radius 2 is 1.18 bits per heavy atom. The van der Waals surface area contributed by atoms with Crippen LogP contribution in [0.5, 0.6) is 11.5 Å². The molecule has 2 N–H and O–H groups in total. The van der Waals surface area contributed by atoms with Gasteiger partial charge in [-0.1, -0.05) is 47.3 Å². The summed E-state index contributed by atoms with van der Waals surface area (Å²) < 4.78 is 0. The first kappa shape index (κ1) is 19.9. The number of hydrogen-bond acceptors (Lipinski definition) is 4. The van der Waals surface area contributed by atoms with Crippen molar-refractivity contribution in [3.63, 3.8) is 0 Å². The third kappa shape index (κ3) is 3.24. The number of phenols is 2. The zero-order valence-electron chi connectivity index (χ0n) is 16.9. The van der Waals surface area contributed by atoms with Crippen molar-refractivity contribution in [2.24, 2.45) is 5.18 Å². The maximum absolute atomic E-state index is 11.2. The van der Waals surface area contributed by atoms with E-state index in [1.165, 1.54) is 0 Å². The number of hydrogen-bond donors (Lipinski definition) is 2. The van der Waals surface area contributed by atoms with E-state index in [4.69, 9.17) is 0 Å². The van der Waals surface area contributed by atoms with Crippen molar-refractivity contribution in [2.45, 2.75) is 12.3 Å². The molecular weight excluding hydrogens is 345 g/mol. The SMILES string of the molecule is Bc1cc([C@](C)(c2ccc(O)cc2)c2cc(B)c(N=O)c(B)c2)cc(B)c1O. The van der Waals surface area contributed by atoms with E-state index in [-0.39, 0.29) is 5.75 Å². The molecule has 1 atom stereocenters. The van der Waals surface area contributed by atoms with Crippen molar-refractivity contribution >= 4 is 58.9 Å². The van der Waals surface area contributed by atoms with E-state index in [1.54, 1.807) is 12.1 Å². The summed E-state index contributed by atoms with van der Waals surface area (Å²) in [5.41, 5.74) is 6.22. The minimum Gasteiger partial charge on any atom is -0.509 e.